The molecule has 178 valence electrons. The van der Waals surface area contributed by atoms with Crippen LogP contribution in [0.2, 0.25) is 0 Å². The van der Waals surface area contributed by atoms with Gasteiger partial charge in [0.25, 0.3) is 5.89 Å². The molecule has 0 aliphatic carbocycles. The molecule has 2 heterocycles. The van der Waals surface area contributed by atoms with Crippen LogP contribution in [0, 0.1) is 0 Å². The van der Waals surface area contributed by atoms with Crippen molar-refractivity contribution >= 4 is 11.6 Å². The van der Waals surface area contributed by atoms with E-state index in [2.05, 4.69) is 41.7 Å². The molecule has 34 heavy (non-hydrogen) atoms. The number of nitrogens with one attached hydrogen (secondary N) is 1. The Labute approximate surface area is 200 Å². The third-order valence-electron chi connectivity index (χ3n) is 5.98. The highest BCUT2D eigenvalue weighted by molar-refractivity contribution is 5.86. The van der Waals surface area contributed by atoms with Crippen LogP contribution in [0.15, 0.2) is 64.8 Å². The van der Waals surface area contributed by atoms with E-state index in [0.717, 1.165) is 35.2 Å². The first-order valence-electron chi connectivity index (χ1n) is 11.9. The standard InChI is InChI=1S/C27H32N4O3/c1-5-20-12-14-21(15-13-20)24-23(26-29-25(30-34-26)22-10-7-6-8-11-22)19(4)31(27(32)28-24)16-9-17-33-18(2)3/h6-8,10-15,18,24H,5,9,16-17H2,1-4H3,(H,28,32). The topological polar surface area (TPSA) is 80.5 Å². The van der Waals surface area contributed by atoms with Gasteiger partial charge in [-0.3, -0.25) is 4.90 Å². The Balaban J connectivity index is 1.70. The van der Waals surface area contributed by atoms with Crippen molar-refractivity contribution in [3.8, 4) is 11.4 Å². The third kappa shape index (κ3) is 5.20. The molecule has 0 saturated carbocycles. The van der Waals surface area contributed by atoms with E-state index in [1.165, 1.54) is 5.56 Å². The van der Waals surface area contributed by atoms with Crippen LogP contribution >= 0.6 is 0 Å². The van der Waals surface area contributed by atoms with E-state index in [1.807, 2.05) is 51.1 Å². The minimum Gasteiger partial charge on any atom is -0.379 e. The number of allylic oxidation sites excluding steroid dienone is 1. The number of carbonyl (C=O) groups is 1. The number of urea groups is 1. The van der Waals surface area contributed by atoms with Gasteiger partial charge in [-0.1, -0.05) is 66.7 Å². The van der Waals surface area contributed by atoms with E-state index < -0.39 is 0 Å². The molecular formula is C27H32N4O3. The van der Waals surface area contributed by atoms with E-state index >= 15 is 0 Å². The Morgan fingerprint density at radius 1 is 1.12 bits per heavy atom. The van der Waals surface area contributed by atoms with E-state index in [-0.39, 0.29) is 18.2 Å². The largest absolute Gasteiger partial charge is 0.379 e. The molecule has 4 rings (SSSR count). The Morgan fingerprint density at radius 3 is 2.53 bits per heavy atom. The van der Waals surface area contributed by atoms with Crippen molar-refractivity contribution in [1.82, 2.24) is 20.4 Å². The summed E-state index contributed by atoms with van der Waals surface area (Å²) in [5.74, 6) is 0.925. The average Bonchev–Trinajstić information content (AvgIpc) is 3.33. The summed E-state index contributed by atoms with van der Waals surface area (Å²) in [5, 5.41) is 7.38. The third-order valence-corrected chi connectivity index (χ3v) is 5.98. The van der Waals surface area contributed by atoms with Crippen molar-refractivity contribution in [3.05, 3.63) is 77.3 Å². The molecule has 0 radical (unpaired) electrons. The second kappa shape index (κ2) is 10.7. The van der Waals surface area contributed by atoms with Crippen LogP contribution in [0.5, 0.6) is 0 Å². The van der Waals surface area contributed by atoms with Gasteiger partial charge in [0.2, 0.25) is 5.82 Å². The summed E-state index contributed by atoms with van der Waals surface area (Å²) in [6.07, 6.45) is 1.84. The predicted molar refractivity (Wildman–Crippen MR) is 132 cm³/mol. The molecule has 7 heteroatoms. The molecule has 1 unspecified atom stereocenters. The second-order valence-corrected chi connectivity index (χ2v) is 8.69. The fourth-order valence-electron chi connectivity index (χ4n) is 4.10. The van der Waals surface area contributed by atoms with Gasteiger partial charge in [-0.15, -0.1) is 0 Å². The summed E-state index contributed by atoms with van der Waals surface area (Å²) in [4.78, 5) is 19.6. The SMILES string of the molecule is CCc1ccc(C2NC(=O)N(CCCOC(C)C)C(C)=C2c2nc(-c3ccccc3)no2)cc1. The van der Waals surface area contributed by atoms with Gasteiger partial charge >= 0.3 is 6.03 Å². The van der Waals surface area contributed by atoms with Crippen molar-refractivity contribution < 1.29 is 14.1 Å². The van der Waals surface area contributed by atoms with E-state index in [9.17, 15) is 4.79 Å². The maximum Gasteiger partial charge on any atom is 0.322 e. The number of benzene rings is 2. The van der Waals surface area contributed by atoms with Crippen molar-refractivity contribution in [2.45, 2.75) is 52.7 Å². The number of aryl methyl sites for hydroxylation is 1. The molecule has 0 saturated heterocycles. The first kappa shape index (κ1) is 23.7. The molecule has 1 aliphatic rings. The highest BCUT2D eigenvalue weighted by atomic mass is 16.5. The van der Waals surface area contributed by atoms with Gasteiger partial charge in [-0.2, -0.15) is 4.98 Å². The van der Waals surface area contributed by atoms with Crippen LogP contribution in [0.4, 0.5) is 4.79 Å². The maximum atomic E-state index is 13.1. The lowest BCUT2D eigenvalue weighted by atomic mass is 9.93. The lowest BCUT2D eigenvalue weighted by Crippen LogP contribution is -2.46. The summed E-state index contributed by atoms with van der Waals surface area (Å²) in [6.45, 7) is 9.20. The van der Waals surface area contributed by atoms with Crippen LogP contribution in [-0.4, -0.2) is 40.3 Å². The zero-order chi connectivity index (χ0) is 24.1. The first-order valence-corrected chi connectivity index (χ1v) is 11.9. The number of carbonyl (C=O) groups excluding carboxylic acids is 1. The van der Waals surface area contributed by atoms with Crippen LogP contribution in [0.3, 0.4) is 0 Å². The molecule has 2 amide bonds. The molecule has 0 fully saturated rings. The first-order chi connectivity index (χ1) is 16.5. The van der Waals surface area contributed by atoms with Gasteiger partial charge in [-0.25, -0.2) is 4.79 Å². The lowest BCUT2D eigenvalue weighted by molar-refractivity contribution is 0.0736. The summed E-state index contributed by atoms with van der Waals surface area (Å²) < 4.78 is 11.4. The maximum absolute atomic E-state index is 13.1. The quantitative estimate of drug-likeness (QED) is 0.420. The molecule has 2 aromatic carbocycles. The summed E-state index contributed by atoms with van der Waals surface area (Å²) >= 11 is 0. The number of rotatable bonds is 9. The summed E-state index contributed by atoms with van der Waals surface area (Å²) in [6, 6.07) is 17.5. The highest BCUT2D eigenvalue weighted by Gasteiger charge is 2.35. The van der Waals surface area contributed by atoms with Crippen LogP contribution in [-0.2, 0) is 11.2 Å². The van der Waals surface area contributed by atoms with Crippen molar-refractivity contribution in [1.29, 1.82) is 0 Å². The summed E-state index contributed by atoms with van der Waals surface area (Å²) in [5.41, 5.74) is 4.71. The summed E-state index contributed by atoms with van der Waals surface area (Å²) in [7, 11) is 0. The zero-order valence-electron chi connectivity index (χ0n) is 20.2. The fraction of sp³-hybridized carbons (Fsp3) is 0.370. The molecule has 7 nitrogen and oxygen atoms in total. The molecular weight excluding hydrogens is 428 g/mol. The van der Waals surface area contributed by atoms with Crippen molar-refractivity contribution in [2.75, 3.05) is 13.2 Å². The second-order valence-electron chi connectivity index (χ2n) is 8.69. The van der Waals surface area contributed by atoms with Crippen LogP contribution < -0.4 is 5.32 Å². The van der Waals surface area contributed by atoms with Gasteiger partial charge in [0.15, 0.2) is 0 Å². The molecule has 1 aliphatic heterocycles. The minimum atomic E-state index is -0.384. The Bertz CT molecular complexity index is 1140. The van der Waals surface area contributed by atoms with E-state index in [1.54, 1.807) is 4.90 Å². The van der Waals surface area contributed by atoms with Gasteiger partial charge in [0.05, 0.1) is 17.7 Å². The Kier molecular flexibility index (Phi) is 7.43. The van der Waals surface area contributed by atoms with Gasteiger partial charge in [0.1, 0.15) is 0 Å². The number of ether oxygens (including phenoxy) is 1. The molecule has 0 spiro atoms. The number of hydrogen-bond donors (Lipinski definition) is 1. The molecule has 1 aromatic heterocycles. The van der Waals surface area contributed by atoms with Crippen molar-refractivity contribution in [2.24, 2.45) is 0 Å². The van der Waals surface area contributed by atoms with Crippen LogP contribution in [0.1, 0.15) is 57.2 Å². The minimum absolute atomic E-state index is 0.141. The van der Waals surface area contributed by atoms with Crippen LogP contribution in [0.25, 0.3) is 17.0 Å². The van der Waals surface area contributed by atoms with Gasteiger partial charge in [-0.05, 0) is 44.7 Å². The van der Waals surface area contributed by atoms with Crippen molar-refractivity contribution in [3.63, 3.8) is 0 Å². The highest BCUT2D eigenvalue weighted by Crippen LogP contribution is 2.37. The molecule has 1 atom stereocenters. The molecule has 0 bridgehead atoms. The fourth-order valence-corrected chi connectivity index (χ4v) is 4.10. The Morgan fingerprint density at radius 2 is 1.85 bits per heavy atom. The van der Waals surface area contributed by atoms with E-state index in [0.29, 0.717) is 24.9 Å². The van der Waals surface area contributed by atoms with Gasteiger partial charge < -0.3 is 14.6 Å². The average molecular weight is 461 g/mol. The normalized spacial score (nSPS) is 16.3. The Hall–Kier alpha value is -3.45. The number of aromatic nitrogens is 2. The van der Waals surface area contributed by atoms with Gasteiger partial charge in [0, 0.05) is 24.4 Å². The number of nitrogens with zero attached hydrogens (tertiary/aromatic N) is 3. The zero-order valence-corrected chi connectivity index (χ0v) is 20.2. The smallest absolute Gasteiger partial charge is 0.322 e. The lowest BCUT2D eigenvalue weighted by Gasteiger charge is -2.35. The predicted octanol–water partition coefficient (Wildman–Crippen LogP) is 5.61. The molecule has 1 N–H and O–H groups in total. The number of amides is 2. The molecule has 3 aromatic rings. The van der Waals surface area contributed by atoms with E-state index in [4.69, 9.17) is 14.2 Å². The number of hydrogen-bond acceptors (Lipinski definition) is 5. The monoisotopic (exact) mass is 460 g/mol.